The lowest BCUT2D eigenvalue weighted by molar-refractivity contribution is 0.0265. The van der Waals surface area contributed by atoms with Gasteiger partial charge in [0.15, 0.2) is 0 Å². The maximum absolute atomic E-state index is 9.80. The van der Waals surface area contributed by atoms with E-state index in [1.54, 1.807) is 0 Å². The number of hydrogen-bond acceptors (Lipinski definition) is 4. The van der Waals surface area contributed by atoms with E-state index in [1.165, 1.54) is 0 Å². The smallest absolute Gasteiger partial charge is 0.0897 e. The third-order valence-corrected chi connectivity index (χ3v) is 3.52. The lowest BCUT2D eigenvalue weighted by Crippen LogP contribution is -2.35. The van der Waals surface area contributed by atoms with Gasteiger partial charge in [-0.25, -0.2) is 0 Å². The van der Waals surface area contributed by atoms with Crippen LogP contribution in [0.25, 0.3) is 0 Å². The van der Waals surface area contributed by atoms with Gasteiger partial charge in [-0.2, -0.15) is 0 Å². The number of benzene rings is 1. The van der Waals surface area contributed by atoms with Gasteiger partial charge in [-0.3, -0.25) is 0 Å². The molecule has 1 heterocycles. The van der Waals surface area contributed by atoms with Gasteiger partial charge in [0, 0.05) is 24.7 Å². The minimum Gasteiger partial charge on any atom is -0.389 e. The number of nitrogens with one attached hydrogen (secondary N) is 1. The third kappa shape index (κ3) is 5.77. The molecule has 0 aromatic heterocycles. The molecule has 2 N–H and O–H groups in total. The van der Waals surface area contributed by atoms with Crippen LogP contribution in [0.2, 0.25) is 5.02 Å². The maximum Gasteiger partial charge on any atom is 0.0897 e. The van der Waals surface area contributed by atoms with E-state index in [0.29, 0.717) is 30.9 Å². The second-order valence-corrected chi connectivity index (χ2v) is 5.53. The van der Waals surface area contributed by atoms with Crippen LogP contribution in [0.5, 0.6) is 0 Å². The predicted octanol–water partition coefficient (Wildman–Crippen LogP) is 1.99. The fourth-order valence-electron chi connectivity index (χ4n) is 2.17. The van der Waals surface area contributed by atoms with Gasteiger partial charge in [-0.15, -0.1) is 0 Å². The summed E-state index contributed by atoms with van der Waals surface area (Å²) in [5.41, 5.74) is 1.05. The molecule has 1 aromatic rings. The fraction of sp³-hybridized carbons (Fsp3) is 0.600. The molecule has 1 saturated heterocycles. The number of hydrogen-bond donors (Lipinski definition) is 2. The predicted molar refractivity (Wildman–Crippen MR) is 79.0 cm³/mol. The van der Waals surface area contributed by atoms with Crippen LogP contribution in [0.4, 0.5) is 0 Å². The van der Waals surface area contributed by atoms with Crippen molar-refractivity contribution in [3.63, 3.8) is 0 Å². The third-order valence-electron chi connectivity index (χ3n) is 3.27. The number of aliphatic hydroxyl groups excluding tert-OH is 1. The number of halogens is 1. The second-order valence-electron chi connectivity index (χ2n) is 5.09. The highest BCUT2D eigenvalue weighted by Crippen LogP contribution is 2.11. The number of rotatable bonds is 8. The van der Waals surface area contributed by atoms with Crippen molar-refractivity contribution in [1.29, 1.82) is 0 Å². The molecule has 1 aliphatic heterocycles. The summed E-state index contributed by atoms with van der Waals surface area (Å²) in [7, 11) is 0. The Hall–Kier alpha value is -0.650. The lowest BCUT2D eigenvalue weighted by atomic mass is 10.2. The van der Waals surface area contributed by atoms with Crippen LogP contribution in [-0.2, 0) is 16.1 Å². The Labute approximate surface area is 125 Å². The molecule has 0 aliphatic carbocycles. The Balaban J connectivity index is 1.53. The summed E-state index contributed by atoms with van der Waals surface area (Å²) in [6.07, 6.45) is 2.05. The minimum absolute atomic E-state index is 0.303. The van der Waals surface area contributed by atoms with E-state index in [-0.39, 0.29) is 0 Å². The summed E-state index contributed by atoms with van der Waals surface area (Å²) in [5.74, 6) is 0. The molecule has 0 spiro atoms. The van der Waals surface area contributed by atoms with E-state index >= 15 is 0 Å². The summed E-state index contributed by atoms with van der Waals surface area (Å²) in [6, 6.07) is 7.51. The van der Waals surface area contributed by atoms with E-state index in [1.807, 2.05) is 24.3 Å². The average molecular weight is 300 g/mol. The quantitative estimate of drug-likeness (QED) is 0.771. The van der Waals surface area contributed by atoms with Crippen LogP contribution >= 0.6 is 11.6 Å². The molecule has 0 amide bonds. The molecule has 2 unspecified atom stereocenters. The molecule has 0 radical (unpaired) electrons. The molecule has 1 fully saturated rings. The van der Waals surface area contributed by atoms with Gasteiger partial charge in [0.2, 0.25) is 0 Å². The Morgan fingerprint density at radius 3 is 2.90 bits per heavy atom. The molecule has 2 rings (SSSR count). The Kier molecular flexibility index (Phi) is 6.76. The molecule has 0 bridgehead atoms. The molecule has 0 saturated carbocycles. The maximum atomic E-state index is 9.80. The van der Waals surface area contributed by atoms with Crippen molar-refractivity contribution in [2.75, 3.05) is 26.3 Å². The van der Waals surface area contributed by atoms with Crippen molar-refractivity contribution in [2.24, 2.45) is 0 Å². The van der Waals surface area contributed by atoms with Gasteiger partial charge in [0.1, 0.15) is 0 Å². The summed E-state index contributed by atoms with van der Waals surface area (Å²) in [4.78, 5) is 0. The first kappa shape index (κ1) is 15.7. The Morgan fingerprint density at radius 2 is 2.20 bits per heavy atom. The standard InChI is InChI=1S/C15H22ClNO3/c16-13-5-3-12(4-6-13)10-19-11-14(18)8-17-9-15-2-1-7-20-15/h3-6,14-15,17-18H,1-2,7-11H2. The van der Waals surface area contributed by atoms with Gasteiger partial charge in [-0.05, 0) is 30.5 Å². The summed E-state index contributed by atoms with van der Waals surface area (Å²) >= 11 is 5.81. The van der Waals surface area contributed by atoms with Crippen LogP contribution < -0.4 is 5.32 Å². The van der Waals surface area contributed by atoms with Crippen LogP contribution in [0, 0.1) is 0 Å². The van der Waals surface area contributed by atoms with E-state index in [2.05, 4.69) is 5.32 Å². The van der Waals surface area contributed by atoms with E-state index in [4.69, 9.17) is 21.1 Å². The minimum atomic E-state index is -0.497. The van der Waals surface area contributed by atoms with Crippen molar-refractivity contribution in [2.45, 2.75) is 31.7 Å². The van der Waals surface area contributed by atoms with Crippen molar-refractivity contribution in [1.82, 2.24) is 5.32 Å². The van der Waals surface area contributed by atoms with Gasteiger partial charge in [0.25, 0.3) is 0 Å². The van der Waals surface area contributed by atoms with Crippen molar-refractivity contribution in [3.8, 4) is 0 Å². The van der Waals surface area contributed by atoms with Gasteiger partial charge in [-0.1, -0.05) is 23.7 Å². The highest BCUT2D eigenvalue weighted by Gasteiger charge is 2.15. The molecular weight excluding hydrogens is 278 g/mol. The van der Waals surface area contributed by atoms with Gasteiger partial charge >= 0.3 is 0 Å². The van der Waals surface area contributed by atoms with E-state index in [0.717, 1.165) is 31.6 Å². The topological polar surface area (TPSA) is 50.7 Å². The molecule has 2 atom stereocenters. The zero-order valence-corrected chi connectivity index (χ0v) is 12.3. The van der Waals surface area contributed by atoms with E-state index in [9.17, 15) is 5.11 Å². The molecule has 20 heavy (non-hydrogen) atoms. The summed E-state index contributed by atoms with van der Waals surface area (Å²) in [6.45, 7) is 2.99. The fourth-order valence-corrected chi connectivity index (χ4v) is 2.29. The highest BCUT2D eigenvalue weighted by atomic mass is 35.5. The van der Waals surface area contributed by atoms with Crippen molar-refractivity contribution >= 4 is 11.6 Å². The first-order chi connectivity index (χ1) is 9.74. The highest BCUT2D eigenvalue weighted by molar-refractivity contribution is 6.30. The second kappa shape index (κ2) is 8.60. The van der Waals surface area contributed by atoms with E-state index < -0.39 is 6.10 Å². The first-order valence-electron chi connectivity index (χ1n) is 7.06. The van der Waals surface area contributed by atoms with Crippen molar-refractivity contribution in [3.05, 3.63) is 34.9 Å². The molecule has 1 aromatic carbocycles. The van der Waals surface area contributed by atoms with Crippen LogP contribution in [-0.4, -0.2) is 43.6 Å². The molecule has 112 valence electrons. The molecular formula is C15H22ClNO3. The summed E-state index contributed by atoms with van der Waals surface area (Å²) < 4.78 is 11.0. The average Bonchev–Trinajstić information content (AvgIpc) is 2.94. The SMILES string of the molecule is OC(CNCC1CCCO1)COCc1ccc(Cl)cc1. The lowest BCUT2D eigenvalue weighted by Gasteiger charge is -2.14. The van der Waals surface area contributed by atoms with Gasteiger partial charge in [0.05, 0.1) is 25.4 Å². The largest absolute Gasteiger partial charge is 0.389 e. The molecule has 4 nitrogen and oxygen atoms in total. The Bertz CT molecular complexity index is 379. The van der Waals surface area contributed by atoms with Crippen LogP contribution in [0.1, 0.15) is 18.4 Å². The molecule has 1 aliphatic rings. The van der Waals surface area contributed by atoms with Crippen LogP contribution in [0.15, 0.2) is 24.3 Å². The number of ether oxygens (including phenoxy) is 2. The molecule has 5 heteroatoms. The number of aliphatic hydroxyl groups is 1. The Morgan fingerprint density at radius 1 is 1.40 bits per heavy atom. The zero-order chi connectivity index (χ0) is 14.2. The monoisotopic (exact) mass is 299 g/mol. The zero-order valence-electron chi connectivity index (χ0n) is 11.6. The van der Waals surface area contributed by atoms with Gasteiger partial charge < -0.3 is 19.9 Å². The normalized spacial score (nSPS) is 20.2. The summed E-state index contributed by atoms with van der Waals surface area (Å²) in [5, 5.41) is 13.7. The first-order valence-corrected chi connectivity index (χ1v) is 7.44. The van der Waals surface area contributed by atoms with Crippen LogP contribution in [0.3, 0.4) is 0 Å². The van der Waals surface area contributed by atoms with Crippen molar-refractivity contribution < 1.29 is 14.6 Å².